The van der Waals surface area contributed by atoms with Gasteiger partial charge in [0, 0.05) is 9.79 Å². The van der Waals surface area contributed by atoms with Gasteiger partial charge in [-0.15, -0.1) is 23.5 Å². The van der Waals surface area contributed by atoms with Crippen molar-refractivity contribution in [2.75, 3.05) is 12.5 Å². The summed E-state index contributed by atoms with van der Waals surface area (Å²) in [5.74, 6) is 0. The van der Waals surface area contributed by atoms with Gasteiger partial charge in [0.1, 0.15) is 0 Å². The molecule has 7 aromatic carbocycles. The lowest BCUT2D eigenvalue weighted by atomic mass is 9.96. The highest BCUT2D eigenvalue weighted by Crippen LogP contribution is 2.37. The van der Waals surface area contributed by atoms with E-state index < -0.39 is 0 Å². The molecule has 7 rings (SSSR count). The Morgan fingerprint density at radius 2 is 0.571 bits per heavy atom. The largest absolute Gasteiger partial charge is 0.129 e. The highest BCUT2D eigenvalue weighted by atomic mass is 32.2. The molecule has 0 amide bonds. The van der Waals surface area contributed by atoms with Crippen LogP contribution in [0.2, 0.25) is 0 Å². The van der Waals surface area contributed by atoms with Crippen LogP contribution in [0.25, 0.3) is 66.1 Å². The Hall–Kier alpha value is -4.24. The third kappa shape index (κ3) is 5.13. The third-order valence-electron chi connectivity index (χ3n) is 8.08. The summed E-state index contributed by atoms with van der Waals surface area (Å²) < 4.78 is 0. The third-order valence-corrected chi connectivity index (χ3v) is 9.63. The van der Waals surface area contributed by atoms with Gasteiger partial charge in [0.15, 0.2) is 0 Å². The maximum atomic E-state index is 2.32. The van der Waals surface area contributed by atoms with Crippen molar-refractivity contribution < 1.29 is 0 Å². The lowest BCUT2D eigenvalue weighted by molar-refractivity contribution is 1.48. The minimum atomic E-state index is 1.23. The van der Waals surface area contributed by atoms with Crippen molar-refractivity contribution in [3.05, 3.63) is 146 Å². The van der Waals surface area contributed by atoms with Gasteiger partial charge in [-0.2, -0.15) is 0 Å². The van der Waals surface area contributed by atoms with Crippen molar-refractivity contribution in [3.63, 3.8) is 0 Å². The molecule has 0 heterocycles. The van der Waals surface area contributed by atoms with E-state index in [1.165, 1.54) is 75.8 Å². The van der Waals surface area contributed by atoms with Crippen LogP contribution in [-0.2, 0) is 0 Å². The fraction of sp³-hybridized carbons (Fsp3) is 0.0500. The Morgan fingerprint density at radius 3 is 0.857 bits per heavy atom. The predicted octanol–water partition coefficient (Wildman–Crippen LogP) is 12.1. The molecule has 0 spiro atoms. The molecule has 0 aromatic heterocycles. The molecule has 0 unspecified atom stereocenters. The molecule has 7 aromatic rings. The number of rotatable bonds is 6. The molecular formula is C40H30S2. The summed E-state index contributed by atoms with van der Waals surface area (Å²) in [6.07, 6.45) is 4.31. The van der Waals surface area contributed by atoms with E-state index in [4.69, 9.17) is 0 Å². The van der Waals surface area contributed by atoms with Crippen molar-refractivity contribution >= 4 is 45.1 Å². The molecule has 0 aliphatic carbocycles. The first kappa shape index (κ1) is 26.6. The second kappa shape index (κ2) is 11.6. The molecule has 0 N–H and O–H groups in total. The molecule has 0 saturated carbocycles. The summed E-state index contributed by atoms with van der Waals surface area (Å²) in [5, 5.41) is 5.13. The second-order valence-electron chi connectivity index (χ2n) is 10.5. The zero-order valence-corrected chi connectivity index (χ0v) is 25.3. The molecule has 2 heteroatoms. The summed E-state index contributed by atoms with van der Waals surface area (Å²) in [5.41, 5.74) is 10.0. The van der Waals surface area contributed by atoms with Gasteiger partial charge >= 0.3 is 0 Å². The van der Waals surface area contributed by atoms with E-state index in [1.54, 1.807) is 23.5 Å². The predicted molar refractivity (Wildman–Crippen MR) is 187 cm³/mol. The first-order chi connectivity index (χ1) is 20.7. The highest BCUT2D eigenvalue weighted by molar-refractivity contribution is 7.99. The molecule has 202 valence electrons. The van der Waals surface area contributed by atoms with Gasteiger partial charge < -0.3 is 0 Å². The normalized spacial score (nSPS) is 11.3. The molecule has 0 nitrogen and oxygen atoms in total. The molecule has 0 saturated heterocycles. The molecule has 0 atom stereocenters. The highest BCUT2D eigenvalue weighted by Gasteiger charge is 2.10. The van der Waals surface area contributed by atoms with Crippen molar-refractivity contribution in [1.29, 1.82) is 0 Å². The van der Waals surface area contributed by atoms with Crippen LogP contribution in [-0.4, -0.2) is 12.5 Å². The minimum Gasteiger partial charge on any atom is -0.129 e. The Kier molecular flexibility index (Phi) is 7.34. The van der Waals surface area contributed by atoms with Gasteiger partial charge in [0.25, 0.3) is 0 Å². The van der Waals surface area contributed by atoms with Crippen LogP contribution in [0.1, 0.15) is 0 Å². The van der Waals surface area contributed by atoms with Crippen LogP contribution in [0, 0.1) is 0 Å². The van der Waals surface area contributed by atoms with Crippen LogP contribution in [0.4, 0.5) is 0 Å². The molecule has 0 fully saturated rings. The average molecular weight is 575 g/mol. The maximum absolute atomic E-state index is 2.32. The fourth-order valence-electron chi connectivity index (χ4n) is 5.77. The summed E-state index contributed by atoms with van der Waals surface area (Å²) in [6, 6.07) is 53.3. The molecule has 0 aliphatic heterocycles. The van der Waals surface area contributed by atoms with E-state index in [-0.39, 0.29) is 0 Å². The van der Waals surface area contributed by atoms with Gasteiger partial charge in [-0.05, 0) is 103 Å². The van der Waals surface area contributed by atoms with Gasteiger partial charge in [0.2, 0.25) is 0 Å². The SMILES string of the molecule is CSc1cc2ccccc2cc1-c1ccc(-c2ccc(-c3ccc(-c4cc5ccccc5cc4SC)cc3)cc2)cc1. The number of hydrogen-bond acceptors (Lipinski definition) is 2. The Labute approximate surface area is 256 Å². The van der Waals surface area contributed by atoms with Crippen LogP contribution in [0.5, 0.6) is 0 Å². The van der Waals surface area contributed by atoms with Crippen LogP contribution in [0.15, 0.2) is 155 Å². The van der Waals surface area contributed by atoms with Crippen molar-refractivity contribution in [2.45, 2.75) is 9.79 Å². The summed E-state index contributed by atoms with van der Waals surface area (Å²) in [7, 11) is 0. The average Bonchev–Trinajstić information content (AvgIpc) is 3.07. The fourth-order valence-corrected chi connectivity index (χ4v) is 7.05. The standard InChI is InChI=1S/C40H30S2/c1-41-39-25-35-9-5-3-7-33(35)23-37(39)31-19-15-29(16-20-31)27-11-13-28(14-12-27)30-17-21-32(22-18-30)38-24-34-8-4-6-10-36(34)26-40(38)42-2/h3-26H,1-2H3. The molecule has 0 radical (unpaired) electrons. The zero-order valence-electron chi connectivity index (χ0n) is 23.7. The quantitative estimate of drug-likeness (QED) is 0.181. The van der Waals surface area contributed by atoms with Crippen molar-refractivity contribution in [2.24, 2.45) is 0 Å². The smallest absolute Gasteiger partial charge is 0.0154 e. The molecule has 0 aliphatic rings. The summed E-state index contributed by atoms with van der Waals surface area (Å²) >= 11 is 3.61. The zero-order chi connectivity index (χ0) is 28.5. The van der Waals surface area contributed by atoms with Crippen LogP contribution >= 0.6 is 23.5 Å². The van der Waals surface area contributed by atoms with Crippen LogP contribution < -0.4 is 0 Å². The monoisotopic (exact) mass is 574 g/mol. The lowest BCUT2D eigenvalue weighted by Gasteiger charge is -2.12. The van der Waals surface area contributed by atoms with E-state index in [2.05, 4.69) is 158 Å². The maximum Gasteiger partial charge on any atom is 0.0154 e. The lowest BCUT2D eigenvalue weighted by Crippen LogP contribution is -1.86. The van der Waals surface area contributed by atoms with E-state index in [1.807, 2.05) is 0 Å². The first-order valence-corrected chi connectivity index (χ1v) is 16.6. The van der Waals surface area contributed by atoms with Crippen molar-refractivity contribution in [1.82, 2.24) is 0 Å². The molecule has 0 bridgehead atoms. The topological polar surface area (TPSA) is 0 Å². The number of hydrogen-bond donors (Lipinski definition) is 0. The van der Waals surface area contributed by atoms with Gasteiger partial charge in [-0.3, -0.25) is 0 Å². The summed E-state index contributed by atoms with van der Waals surface area (Å²) in [4.78, 5) is 2.62. The Balaban J connectivity index is 1.13. The second-order valence-corrected chi connectivity index (χ2v) is 12.2. The van der Waals surface area contributed by atoms with Gasteiger partial charge in [-0.1, -0.05) is 121 Å². The number of fused-ring (bicyclic) bond motifs is 2. The number of thioether (sulfide) groups is 2. The first-order valence-electron chi connectivity index (χ1n) is 14.2. The van der Waals surface area contributed by atoms with Gasteiger partial charge in [-0.25, -0.2) is 0 Å². The minimum absolute atomic E-state index is 1.23. The van der Waals surface area contributed by atoms with E-state index in [0.29, 0.717) is 0 Å². The van der Waals surface area contributed by atoms with E-state index >= 15 is 0 Å². The number of benzene rings is 7. The van der Waals surface area contributed by atoms with E-state index in [0.717, 1.165) is 0 Å². The van der Waals surface area contributed by atoms with Gasteiger partial charge in [0.05, 0.1) is 0 Å². The van der Waals surface area contributed by atoms with Crippen LogP contribution in [0.3, 0.4) is 0 Å². The summed E-state index contributed by atoms with van der Waals surface area (Å²) in [6.45, 7) is 0. The Bertz CT molecular complexity index is 1870. The molecule has 42 heavy (non-hydrogen) atoms. The van der Waals surface area contributed by atoms with Crippen molar-refractivity contribution in [3.8, 4) is 44.5 Å². The van der Waals surface area contributed by atoms with E-state index in [9.17, 15) is 0 Å². The Morgan fingerprint density at radius 1 is 0.310 bits per heavy atom. The molecular weight excluding hydrogens is 545 g/mol.